The molecule has 0 amide bonds. The third-order valence-corrected chi connectivity index (χ3v) is 6.64. The molecule has 1 aromatic carbocycles. The summed E-state index contributed by atoms with van der Waals surface area (Å²) in [4.78, 5) is 18.9. The molecule has 1 saturated heterocycles. The van der Waals surface area contributed by atoms with Crippen LogP contribution in [0.15, 0.2) is 36.4 Å². The van der Waals surface area contributed by atoms with Crippen LogP contribution >= 0.6 is 0 Å². The Morgan fingerprint density at radius 3 is 3.00 bits per heavy atom. The predicted molar refractivity (Wildman–Crippen MR) is 126 cm³/mol. The van der Waals surface area contributed by atoms with Gasteiger partial charge in [-0.1, -0.05) is 37.3 Å². The summed E-state index contributed by atoms with van der Waals surface area (Å²) < 4.78 is 6.12. The van der Waals surface area contributed by atoms with Crippen LogP contribution in [0.25, 0.3) is 0 Å². The second kappa shape index (κ2) is 10.9. The number of unbranched alkanes of at least 4 members (excludes halogenated alkanes) is 1. The summed E-state index contributed by atoms with van der Waals surface area (Å²) in [7, 11) is 0. The Bertz CT molecular complexity index is 917. The summed E-state index contributed by atoms with van der Waals surface area (Å²) in [6, 6.07) is 11.7. The molecular weight excluding hydrogens is 402 g/mol. The Kier molecular flexibility index (Phi) is 7.76. The Labute approximate surface area is 191 Å². The number of carbonyl (C=O) groups is 1. The van der Waals surface area contributed by atoms with E-state index >= 15 is 0 Å². The average Bonchev–Trinajstić information content (AvgIpc) is 3.27. The van der Waals surface area contributed by atoms with E-state index in [0.29, 0.717) is 13.2 Å². The quantitative estimate of drug-likeness (QED) is 0.542. The minimum absolute atomic E-state index is 0.108. The van der Waals surface area contributed by atoms with E-state index in [1.165, 1.54) is 12.0 Å². The highest BCUT2D eigenvalue weighted by Crippen LogP contribution is 2.29. The molecule has 2 aliphatic heterocycles. The average molecular weight is 438 g/mol. The lowest BCUT2D eigenvalue weighted by atomic mass is 9.97. The highest BCUT2D eigenvalue weighted by Gasteiger charge is 2.34. The maximum absolute atomic E-state index is 12.1. The number of hydrogen-bond donors (Lipinski definition) is 2. The number of nitrogens with one attached hydrogen (secondary N) is 1. The van der Waals surface area contributed by atoms with E-state index in [4.69, 9.17) is 9.72 Å². The minimum atomic E-state index is -0.779. The Morgan fingerprint density at radius 2 is 2.16 bits per heavy atom. The number of carboxylic acids is 1. The van der Waals surface area contributed by atoms with Gasteiger partial charge in [0.25, 0.3) is 0 Å². The van der Waals surface area contributed by atoms with Gasteiger partial charge >= 0.3 is 5.97 Å². The zero-order chi connectivity index (χ0) is 22.3. The third kappa shape index (κ3) is 5.48. The number of aromatic nitrogens is 1. The Hall–Kier alpha value is -2.44. The molecule has 1 aromatic heterocycles. The van der Waals surface area contributed by atoms with Crippen LogP contribution in [0.3, 0.4) is 0 Å². The predicted octanol–water partition coefficient (Wildman–Crippen LogP) is 4.24. The van der Waals surface area contributed by atoms with Crippen molar-refractivity contribution in [1.82, 2.24) is 9.88 Å². The van der Waals surface area contributed by atoms with Crippen molar-refractivity contribution in [2.45, 2.75) is 64.0 Å². The van der Waals surface area contributed by atoms with Crippen molar-refractivity contribution >= 4 is 11.8 Å². The molecule has 2 aliphatic rings. The number of anilines is 1. The van der Waals surface area contributed by atoms with Crippen LogP contribution in [0.4, 0.5) is 5.82 Å². The summed E-state index contributed by atoms with van der Waals surface area (Å²) >= 11 is 0. The minimum Gasteiger partial charge on any atom is -0.480 e. The van der Waals surface area contributed by atoms with E-state index in [1.54, 1.807) is 0 Å². The fraction of sp³-hybridized carbons (Fsp3) is 0.538. The van der Waals surface area contributed by atoms with Gasteiger partial charge in [-0.05, 0) is 67.7 Å². The maximum Gasteiger partial charge on any atom is 0.325 e. The highest BCUT2D eigenvalue weighted by molar-refractivity contribution is 5.76. The summed E-state index contributed by atoms with van der Waals surface area (Å²) in [5.41, 5.74) is 4.49. The fourth-order valence-electron chi connectivity index (χ4n) is 4.90. The molecule has 0 radical (unpaired) electrons. The van der Waals surface area contributed by atoms with Crippen LogP contribution < -0.4 is 5.32 Å². The van der Waals surface area contributed by atoms with Crippen LogP contribution in [0.5, 0.6) is 0 Å². The number of fused-ring (bicyclic) bond motifs is 1. The van der Waals surface area contributed by atoms with Crippen molar-refractivity contribution in [3.8, 4) is 0 Å². The molecule has 172 valence electrons. The molecule has 0 unspecified atom stereocenters. The fourth-order valence-corrected chi connectivity index (χ4v) is 4.90. The van der Waals surface area contributed by atoms with Gasteiger partial charge < -0.3 is 15.2 Å². The van der Waals surface area contributed by atoms with Gasteiger partial charge in [-0.2, -0.15) is 0 Å². The van der Waals surface area contributed by atoms with E-state index in [0.717, 1.165) is 74.3 Å². The first-order valence-electron chi connectivity index (χ1n) is 12.0. The zero-order valence-electron chi connectivity index (χ0n) is 19.1. The molecule has 0 aliphatic carbocycles. The molecule has 2 N–H and O–H groups in total. The zero-order valence-corrected chi connectivity index (χ0v) is 19.1. The third-order valence-electron chi connectivity index (χ3n) is 6.64. The molecule has 2 aromatic rings. The number of likely N-dealkylation sites (tertiary alicyclic amines) is 1. The normalized spacial score (nSPS) is 19.3. The van der Waals surface area contributed by atoms with Crippen LogP contribution in [0.1, 0.15) is 61.0 Å². The Balaban J connectivity index is 1.22. The van der Waals surface area contributed by atoms with Crippen molar-refractivity contribution in [2.24, 2.45) is 0 Å². The lowest BCUT2D eigenvalue weighted by Crippen LogP contribution is -2.34. The molecule has 2 atom stereocenters. The smallest absolute Gasteiger partial charge is 0.325 e. The second-order valence-corrected chi connectivity index (χ2v) is 8.87. The lowest BCUT2D eigenvalue weighted by molar-refractivity contribution is -0.143. The number of rotatable bonds is 10. The largest absolute Gasteiger partial charge is 0.480 e. The number of aliphatic carboxylic acids is 1. The van der Waals surface area contributed by atoms with E-state index in [1.807, 2.05) is 24.3 Å². The van der Waals surface area contributed by atoms with Crippen molar-refractivity contribution in [2.75, 3.05) is 31.6 Å². The van der Waals surface area contributed by atoms with E-state index in [-0.39, 0.29) is 6.10 Å². The number of aryl methyl sites for hydroxylation is 3. The molecule has 0 bridgehead atoms. The molecule has 32 heavy (non-hydrogen) atoms. The van der Waals surface area contributed by atoms with Gasteiger partial charge in [-0.25, -0.2) is 4.98 Å². The van der Waals surface area contributed by atoms with Crippen LogP contribution in [0, 0.1) is 0 Å². The van der Waals surface area contributed by atoms with E-state index in [9.17, 15) is 9.90 Å². The first kappa shape index (κ1) is 22.7. The summed E-state index contributed by atoms with van der Waals surface area (Å²) in [6.45, 7) is 5.23. The summed E-state index contributed by atoms with van der Waals surface area (Å²) in [5.74, 6) is 0.285. The van der Waals surface area contributed by atoms with Gasteiger partial charge in [0.2, 0.25) is 0 Å². The SMILES string of the molecule is CCc1ccccc1[C@@H](C(=O)O)N1CC[C@@H](OCCCCc2ccc3c(n2)NCCC3)C1. The van der Waals surface area contributed by atoms with E-state index in [2.05, 4.69) is 29.3 Å². The molecule has 0 spiro atoms. The van der Waals surface area contributed by atoms with Crippen molar-refractivity contribution in [3.05, 3.63) is 58.8 Å². The number of nitrogens with zero attached hydrogens (tertiary/aromatic N) is 2. The number of hydrogen-bond acceptors (Lipinski definition) is 5. The molecule has 6 heteroatoms. The summed E-state index contributed by atoms with van der Waals surface area (Å²) in [6.07, 6.45) is 7.13. The molecule has 1 fully saturated rings. The van der Waals surface area contributed by atoms with Crippen molar-refractivity contribution < 1.29 is 14.6 Å². The highest BCUT2D eigenvalue weighted by atomic mass is 16.5. The van der Waals surface area contributed by atoms with Gasteiger partial charge in [-0.3, -0.25) is 9.69 Å². The van der Waals surface area contributed by atoms with E-state index < -0.39 is 12.0 Å². The first-order valence-corrected chi connectivity index (χ1v) is 12.0. The molecule has 6 nitrogen and oxygen atoms in total. The number of carboxylic acid groups (broad SMARTS) is 1. The number of ether oxygens (including phenoxy) is 1. The van der Waals surface area contributed by atoms with Gasteiger partial charge in [0.05, 0.1) is 6.10 Å². The van der Waals surface area contributed by atoms with Gasteiger partial charge in [0, 0.05) is 31.9 Å². The topological polar surface area (TPSA) is 74.7 Å². The number of pyridine rings is 1. The van der Waals surface area contributed by atoms with Crippen LogP contribution in [-0.2, 0) is 28.8 Å². The van der Waals surface area contributed by atoms with Gasteiger partial charge in [-0.15, -0.1) is 0 Å². The maximum atomic E-state index is 12.1. The monoisotopic (exact) mass is 437 g/mol. The first-order chi connectivity index (χ1) is 15.7. The van der Waals surface area contributed by atoms with Crippen LogP contribution in [0.2, 0.25) is 0 Å². The van der Waals surface area contributed by atoms with Crippen molar-refractivity contribution in [3.63, 3.8) is 0 Å². The number of benzene rings is 1. The standard InChI is InChI=1S/C26H35N3O3/c1-2-19-8-3-4-11-23(19)24(26(30)31)29-16-14-22(18-29)32-17-6-5-10-21-13-12-20-9-7-15-27-25(20)28-21/h3-4,8,11-13,22,24H,2,5-7,9-10,14-18H2,1H3,(H,27,28)(H,30,31)/t22-,24+/m1/s1. The lowest BCUT2D eigenvalue weighted by Gasteiger charge is -2.26. The molecule has 4 rings (SSSR count). The molecule has 3 heterocycles. The van der Waals surface area contributed by atoms with Gasteiger partial charge in [0.15, 0.2) is 0 Å². The van der Waals surface area contributed by atoms with Crippen LogP contribution in [-0.4, -0.2) is 53.3 Å². The molecular formula is C26H35N3O3. The van der Waals surface area contributed by atoms with Crippen molar-refractivity contribution in [1.29, 1.82) is 0 Å². The Morgan fingerprint density at radius 1 is 1.28 bits per heavy atom. The second-order valence-electron chi connectivity index (χ2n) is 8.87. The van der Waals surface area contributed by atoms with Gasteiger partial charge in [0.1, 0.15) is 11.9 Å². The molecule has 0 saturated carbocycles. The summed E-state index contributed by atoms with van der Waals surface area (Å²) in [5, 5.41) is 13.3.